The number of thiophene rings is 1. The molecule has 40 heavy (non-hydrogen) atoms. The normalized spacial score (nSPS) is 11.2. The molecule has 0 fully saturated rings. The molecule has 6 aromatic carbocycles. The van der Waals surface area contributed by atoms with Crippen molar-refractivity contribution in [3.8, 4) is 11.1 Å². The number of hydrogen-bond donors (Lipinski definition) is 0. The quantitative estimate of drug-likeness (QED) is 0.178. The van der Waals surface area contributed by atoms with Crippen molar-refractivity contribution in [1.82, 2.24) is 0 Å². The molecule has 3 heteroatoms. The Balaban J connectivity index is 0.000000140. The van der Waals surface area contributed by atoms with Gasteiger partial charge in [-0.2, -0.15) is 0 Å². The second-order valence-corrected chi connectivity index (χ2v) is 10.8. The topological polar surface area (TPSA) is 13.1 Å². The van der Waals surface area contributed by atoms with Gasteiger partial charge in [-0.3, -0.25) is 0 Å². The number of rotatable bonds is 0. The second kappa shape index (κ2) is 11.3. The van der Waals surface area contributed by atoms with E-state index in [0.717, 1.165) is 17.6 Å². The maximum Gasteiger partial charge on any atom is 2.00 e. The Hall–Kier alpha value is -4.49. The van der Waals surface area contributed by atoms with Gasteiger partial charge in [0, 0.05) is 30.9 Å². The van der Waals surface area contributed by atoms with Crippen LogP contribution in [0.5, 0.6) is 0 Å². The minimum absolute atomic E-state index is 0. The van der Waals surface area contributed by atoms with Gasteiger partial charge in [-0.15, -0.1) is 11.3 Å². The number of benzene rings is 6. The summed E-state index contributed by atoms with van der Waals surface area (Å²) < 4.78 is 8.41. The van der Waals surface area contributed by atoms with Crippen LogP contribution < -0.4 is 0 Å². The van der Waals surface area contributed by atoms with Crippen LogP contribution in [-0.2, 0) is 6.42 Å². The van der Waals surface area contributed by atoms with Crippen molar-refractivity contribution >= 4 is 63.6 Å². The minimum atomic E-state index is 0. The third-order valence-electron chi connectivity index (χ3n) is 7.27. The zero-order valence-corrected chi connectivity index (χ0v) is 22.9. The van der Waals surface area contributed by atoms with Gasteiger partial charge >= 0.3 is 10.1 Å². The van der Waals surface area contributed by atoms with Gasteiger partial charge in [0.1, 0.15) is 11.2 Å². The van der Waals surface area contributed by atoms with Crippen LogP contribution in [-0.4, -0.2) is 10.1 Å². The van der Waals surface area contributed by atoms with Crippen molar-refractivity contribution in [3.05, 3.63) is 157 Å². The average Bonchev–Trinajstić information content (AvgIpc) is 3.69. The van der Waals surface area contributed by atoms with Crippen LogP contribution in [0, 0.1) is 0 Å². The summed E-state index contributed by atoms with van der Waals surface area (Å²) in [5, 5.41) is 5.14. The van der Waals surface area contributed by atoms with Gasteiger partial charge in [-0.25, -0.2) is 0 Å². The molecule has 0 spiro atoms. The summed E-state index contributed by atoms with van der Waals surface area (Å²) in [6.07, 6.45) is 1.10. The van der Waals surface area contributed by atoms with E-state index >= 15 is 0 Å². The molecule has 0 atom stereocenters. The standard InChI is InChI=1S/C13H10.C12H8O.C12H8S.Be.2H/c1-3-7-12-10(5-1)9-11-6-2-4-8-13(11)12;2*1-3-7-11-9(5-1)10-6-2-4-8-12(10)13-11;;;/h1-8H,9H2;2*1-8H;;;/q;;;+2;2*-1. The van der Waals surface area contributed by atoms with E-state index < -0.39 is 0 Å². The van der Waals surface area contributed by atoms with Gasteiger partial charge < -0.3 is 7.27 Å². The van der Waals surface area contributed by atoms with E-state index in [2.05, 4.69) is 109 Å². The van der Waals surface area contributed by atoms with Crippen LogP contribution in [0.25, 0.3) is 53.2 Å². The predicted octanol–water partition coefficient (Wildman–Crippen LogP) is 10.7. The molecule has 9 rings (SSSR count). The molecule has 1 aliphatic rings. The molecule has 0 amide bonds. The van der Waals surface area contributed by atoms with Crippen LogP contribution in [0.4, 0.5) is 0 Å². The number of furan rings is 1. The maximum atomic E-state index is 5.65. The third kappa shape index (κ3) is 4.84. The minimum Gasteiger partial charge on any atom is -1.00 e. The molecule has 0 radical (unpaired) electrons. The summed E-state index contributed by atoms with van der Waals surface area (Å²) in [7, 11) is 0. The van der Waals surface area contributed by atoms with Crippen LogP contribution in [0.1, 0.15) is 14.0 Å². The molecule has 8 aromatic rings. The fourth-order valence-electron chi connectivity index (χ4n) is 5.43. The molecule has 0 saturated carbocycles. The average molecular weight is 530 g/mol. The van der Waals surface area contributed by atoms with E-state index in [1.165, 1.54) is 53.2 Å². The molecule has 0 aliphatic heterocycles. The zero-order chi connectivity index (χ0) is 26.0. The Morgan fingerprint density at radius 3 is 1.30 bits per heavy atom. The van der Waals surface area contributed by atoms with Crippen molar-refractivity contribution in [3.63, 3.8) is 0 Å². The molecule has 2 aromatic heterocycles. The van der Waals surface area contributed by atoms with E-state index in [0.29, 0.717) is 0 Å². The van der Waals surface area contributed by atoms with Crippen LogP contribution >= 0.6 is 11.3 Å². The Morgan fingerprint density at radius 1 is 0.425 bits per heavy atom. The summed E-state index contributed by atoms with van der Waals surface area (Å²) in [5.74, 6) is 0. The summed E-state index contributed by atoms with van der Waals surface area (Å²) in [5.41, 5.74) is 7.68. The molecule has 1 nitrogen and oxygen atoms in total. The van der Waals surface area contributed by atoms with E-state index in [1.54, 1.807) is 0 Å². The van der Waals surface area contributed by atoms with E-state index in [1.807, 2.05) is 47.7 Å². The number of hydrogen-bond acceptors (Lipinski definition) is 2. The van der Waals surface area contributed by atoms with Crippen LogP contribution in [0.2, 0.25) is 0 Å². The molecule has 0 saturated heterocycles. The van der Waals surface area contributed by atoms with E-state index in [9.17, 15) is 0 Å². The van der Waals surface area contributed by atoms with Crippen molar-refractivity contribution < 1.29 is 7.27 Å². The monoisotopic (exact) mass is 529 g/mol. The molecule has 0 N–H and O–H groups in total. The van der Waals surface area contributed by atoms with E-state index in [4.69, 9.17) is 4.42 Å². The smallest absolute Gasteiger partial charge is 1.00 e. The molecule has 1 aliphatic carbocycles. The first-order valence-electron chi connectivity index (χ1n) is 13.2. The first kappa shape index (κ1) is 25.8. The molecular formula is C37H28BeOS. The van der Waals surface area contributed by atoms with Gasteiger partial charge in [0.15, 0.2) is 0 Å². The van der Waals surface area contributed by atoms with E-state index in [-0.39, 0.29) is 13.0 Å². The largest absolute Gasteiger partial charge is 2.00 e. The summed E-state index contributed by atoms with van der Waals surface area (Å²) in [4.78, 5) is 0. The summed E-state index contributed by atoms with van der Waals surface area (Å²) >= 11 is 1.86. The van der Waals surface area contributed by atoms with Gasteiger partial charge in [-0.1, -0.05) is 121 Å². The Labute approximate surface area is 244 Å². The molecule has 0 unspecified atom stereocenters. The first-order valence-corrected chi connectivity index (χ1v) is 14.1. The fraction of sp³-hybridized carbons (Fsp3) is 0.0270. The Kier molecular flexibility index (Phi) is 7.29. The molecular weight excluding hydrogens is 501 g/mol. The predicted molar refractivity (Wildman–Crippen MR) is 176 cm³/mol. The van der Waals surface area contributed by atoms with Crippen molar-refractivity contribution in [1.29, 1.82) is 0 Å². The van der Waals surface area contributed by atoms with Gasteiger partial charge in [0.2, 0.25) is 0 Å². The van der Waals surface area contributed by atoms with Gasteiger partial charge in [0.25, 0.3) is 0 Å². The second-order valence-electron chi connectivity index (χ2n) is 9.68. The molecule has 0 bridgehead atoms. The van der Waals surface area contributed by atoms with Crippen LogP contribution in [0.3, 0.4) is 0 Å². The van der Waals surface area contributed by atoms with Gasteiger partial charge in [0.05, 0.1) is 0 Å². The maximum absolute atomic E-state index is 5.65. The number of para-hydroxylation sites is 2. The molecule has 2 heterocycles. The molecule has 190 valence electrons. The van der Waals surface area contributed by atoms with Crippen molar-refractivity contribution in [2.75, 3.05) is 0 Å². The Morgan fingerprint density at radius 2 is 0.800 bits per heavy atom. The summed E-state index contributed by atoms with van der Waals surface area (Å²) in [6, 6.07) is 50.6. The fourth-order valence-corrected chi connectivity index (χ4v) is 6.54. The summed E-state index contributed by atoms with van der Waals surface area (Å²) in [6.45, 7) is 0. The van der Waals surface area contributed by atoms with Crippen molar-refractivity contribution in [2.45, 2.75) is 6.42 Å². The Bertz CT molecular complexity index is 1830. The SMILES string of the molecule is [Be+2].[H-].[H-].c1ccc2c(c1)Cc1ccccc1-2.c1ccc2c(c1)oc1ccccc12.c1ccc2c(c1)sc1ccccc12. The zero-order valence-electron chi connectivity index (χ0n) is 24.1. The van der Waals surface area contributed by atoms with Crippen molar-refractivity contribution in [2.24, 2.45) is 0 Å². The number of fused-ring (bicyclic) bond motifs is 9. The first-order chi connectivity index (χ1) is 19.3. The van der Waals surface area contributed by atoms with Crippen LogP contribution in [0.15, 0.2) is 150 Å². The van der Waals surface area contributed by atoms with Gasteiger partial charge in [-0.05, 0) is 52.9 Å². The third-order valence-corrected chi connectivity index (χ3v) is 8.43.